The largest absolute Gasteiger partial charge is 0.331 e. The van der Waals surface area contributed by atoms with Gasteiger partial charge in [-0.1, -0.05) is 19.1 Å². The van der Waals surface area contributed by atoms with Gasteiger partial charge in [0.05, 0.1) is 18.2 Å². The summed E-state index contributed by atoms with van der Waals surface area (Å²) in [5, 5.41) is 8.87. The van der Waals surface area contributed by atoms with Crippen molar-refractivity contribution in [2.45, 2.75) is 26.4 Å². The molecule has 1 aromatic heterocycles. The van der Waals surface area contributed by atoms with E-state index in [1.54, 1.807) is 24.3 Å². The Morgan fingerprint density at radius 3 is 2.75 bits per heavy atom. The average molecular weight is 269 g/mol. The van der Waals surface area contributed by atoms with Crippen molar-refractivity contribution in [1.82, 2.24) is 9.13 Å². The lowest BCUT2D eigenvalue weighted by Crippen LogP contribution is -2.39. The second kappa shape index (κ2) is 6.02. The first-order chi connectivity index (χ1) is 9.65. The summed E-state index contributed by atoms with van der Waals surface area (Å²) in [4.78, 5) is 24.0. The highest BCUT2D eigenvalue weighted by atomic mass is 16.2. The zero-order valence-electron chi connectivity index (χ0n) is 11.2. The van der Waals surface area contributed by atoms with Crippen LogP contribution in [0.2, 0.25) is 0 Å². The lowest BCUT2D eigenvalue weighted by Gasteiger charge is -2.09. The van der Waals surface area contributed by atoms with Crippen molar-refractivity contribution in [2.24, 2.45) is 0 Å². The van der Waals surface area contributed by atoms with Gasteiger partial charge in [0.2, 0.25) is 0 Å². The van der Waals surface area contributed by atoms with Crippen LogP contribution >= 0.6 is 0 Å². The predicted molar refractivity (Wildman–Crippen MR) is 75.5 cm³/mol. The SMILES string of the molecule is CCCn1ccc(=O)n(Cc2cccc(C#N)c2)c1=O. The molecule has 0 saturated carbocycles. The van der Waals surface area contributed by atoms with E-state index in [0.717, 1.165) is 12.0 Å². The lowest BCUT2D eigenvalue weighted by molar-refractivity contribution is 0.570. The van der Waals surface area contributed by atoms with Crippen LogP contribution in [0.25, 0.3) is 0 Å². The standard InChI is InChI=1S/C15H15N3O2/c1-2-7-17-8-6-14(19)18(15(17)20)11-13-5-3-4-12(9-13)10-16/h3-6,8-9H,2,7,11H2,1H3. The molecule has 1 heterocycles. The topological polar surface area (TPSA) is 67.8 Å². The molecular weight excluding hydrogens is 254 g/mol. The summed E-state index contributed by atoms with van der Waals surface area (Å²) in [7, 11) is 0. The maximum absolute atomic E-state index is 12.2. The Bertz CT molecular complexity index is 766. The summed E-state index contributed by atoms with van der Waals surface area (Å²) in [6.45, 7) is 2.73. The second-order valence-corrected chi connectivity index (χ2v) is 4.53. The number of aromatic nitrogens is 2. The van der Waals surface area contributed by atoms with Crippen LogP contribution in [0.5, 0.6) is 0 Å². The normalized spacial score (nSPS) is 10.2. The maximum atomic E-state index is 12.2. The molecule has 0 atom stereocenters. The van der Waals surface area contributed by atoms with Crippen LogP contribution in [0, 0.1) is 11.3 Å². The van der Waals surface area contributed by atoms with E-state index in [4.69, 9.17) is 5.26 Å². The van der Waals surface area contributed by atoms with Gasteiger partial charge in [-0.2, -0.15) is 5.26 Å². The summed E-state index contributed by atoms with van der Waals surface area (Å²) in [5.41, 5.74) is 0.629. The smallest absolute Gasteiger partial charge is 0.300 e. The monoisotopic (exact) mass is 269 g/mol. The van der Waals surface area contributed by atoms with Crippen molar-refractivity contribution in [3.05, 3.63) is 68.5 Å². The van der Waals surface area contributed by atoms with Gasteiger partial charge in [-0.05, 0) is 24.1 Å². The van der Waals surface area contributed by atoms with Crippen molar-refractivity contribution in [2.75, 3.05) is 0 Å². The molecule has 1 aromatic carbocycles. The summed E-state index contributed by atoms with van der Waals surface area (Å²) in [6, 6.07) is 10.3. The van der Waals surface area contributed by atoms with E-state index in [2.05, 4.69) is 0 Å². The van der Waals surface area contributed by atoms with E-state index in [1.807, 2.05) is 13.0 Å². The van der Waals surface area contributed by atoms with E-state index in [9.17, 15) is 9.59 Å². The summed E-state index contributed by atoms with van der Waals surface area (Å²) < 4.78 is 2.71. The highest BCUT2D eigenvalue weighted by Gasteiger charge is 2.06. The van der Waals surface area contributed by atoms with Gasteiger partial charge in [-0.25, -0.2) is 4.79 Å². The molecule has 0 aliphatic heterocycles. The Hall–Kier alpha value is -2.61. The number of aryl methyl sites for hydroxylation is 1. The van der Waals surface area contributed by atoms with Crippen molar-refractivity contribution in [1.29, 1.82) is 5.26 Å². The Morgan fingerprint density at radius 2 is 2.05 bits per heavy atom. The molecule has 0 amide bonds. The third kappa shape index (κ3) is 2.86. The van der Waals surface area contributed by atoms with Crippen molar-refractivity contribution in [3.63, 3.8) is 0 Å². The molecule has 102 valence electrons. The molecule has 0 saturated heterocycles. The van der Waals surface area contributed by atoms with Gasteiger partial charge in [-0.3, -0.25) is 9.36 Å². The molecule has 20 heavy (non-hydrogen) atoms. The van der Waals surface area contributed by atoms with Crippen LogP contribution in [0.4, 0.5) is 0 Å². The first kappa shape index (κ1) is 13.8. The fraction of sp³-hybridized carbons (Fsp3) is 0.267. The molecule has 0 fully saturated rings. The van der Waals surface area contributed by atoms with Gasteiger partial charge in [0.1, 0.15) is 0 Å². The minimum atomic E-state index is -0.329. The van der Waals surface area contributed by atoms with Gasteiger partial charge in [0.15, 0.2) is 0 Å². The number of rotatable bonds is 4. The van der Waals surface area contributed by atoms with Gasteiger partial charge in [0, 0.05) is 18.8 Å². The zero-order valence-corrected chi connectivity index (χ0v) is 11.2. The minimum Gasteiger partial charge on any atom is -0.300 e. The number of hydrogen-bond acceptors (Lipinski definition) is 3. The molecule has 0 spiro atoms. The van der Waals surface area contributed by atoms with Crippen LogP contribution in [0.15, 0.2) is 46.1 Å². The van der Waals surface area contributed by atoms with Gasteiger partial charge >= 0.3 is 5.69 Å². The van der Waals surface area contributed by atoms with Gasteiger partial charge in [-0.15, -0.1) is 0 Å². The van der Waals surface area contributed by atoms with Crippen LogP contribution in [0.3, 0.4) is 0 Å². The highest BCUT2D eigenvalue weighted by Crippen LogP contribution is 2.04. The van der Waals surface area contributed by atoms with Gasteiger partial charge in [0.25, 0.3) is 5.56 Å². The fourth-order valence-electron chi connectivity index (χ4n) is 2.04. The number of benzene rings is 1. The molecule has 0 radical (unpaired) electrons. The summed E-state index contributed by atoms with van der Waals surface area (Å²) in [6.07, 6.45) is 2.35. The fourth-order valence-corrected chi connectivity index (χ4v) is 2.04. The number of hydrogen-bond donors (Lipinski definition) is 0. The molecule has 0 unspecified atom stereocenters. The molecule has 2 rings (SSSR count). The predicted octanol–water partition coefficient (Wildman–Crippen LogP) is 1.34. The van der Waals surface area contributed by atoms with E-state index < -0.39 is 0 Å². The molecule has 0 aliphatic carbocycles. The number of nitrogens with zero attached hydrogens (tertiary/aromatic N) is 3. The molecular formula is C15H15N3O2. The molecule has 5 heteroatoms. The van der Waals surface area contributed by atoms with Crippen molar-refractivity contribution >= 4 is 0 Å². The van der Waals surface area contributed by atoms with Gasteiger partial charge < -0.3 is 4.57 Å². The summed E-state index contributed by atoms with van der Waals surface area (Å²) in [5.74, 6) is 0. The minimum absolute atomic E-state index is 0.178. The third-order valence-electron chi connectivity index (χ3n) is 3.00. The third-order valence-corrected chi connectivity index (χ3v) is 3.00. The average Bonchev–Trinajstić information content (AvgIpc) is 2.47. The number of nitriles is 1. The molecule has 2 aromatic rings. The quantitative estimate of drug-likeness (QED) is 0.841. The Labute approximate surface area is 116 Å². The van der Waals surface area contributed by atoms with Crippen LogP contribution < -0.4 is 11.2 Å². The van der Waals surface area contributed by atoms with Crippen LogP contribution in [0.1, 0.15) is 24.5 Å². The first-order valence-electron chi connectivity index (χ1n) is 6.45. The van der Waals surface area contributed by atoms with Crippen molar-refractivity contribution in [3.8, 4) is 6.07 Å². The second-order valence-electron chi connectivity index (χ2n) is 4.53. The van der Waals surface area contributed by atoms with E-state index in [1.165, 1.54) is 21.4 Å². The van der Waals surface area contributed by atoms with E-state index >= 15 is 0 Å². The van der Waals surface area contributed by atoms with E-state index in [0.29, 0.717) is 12.1 Å². The first-order valence-corrected chi connectivity index (χ1v) is 6.45. The van der Waals surface area contributed by atoms with Crippen molar-refractivity contribution < 1.29 is 0 Å². The maximum Gasteiger partial charge on any atom is 0.331 e. The van der Waals surface area contributed by atoms with Crippen LogP contribution in [-0.2, 0) is 13.1 Å². The van der Waals surface area contributed by atoms with E-state index in [-0.39, 0.29) is 17.8 Å². The molecule has 0 bridgehead atoms. The lowest BCUT2D eigenvalue weighted by atomic mass is 10.1. The molecule has 0 aliphatic rings. The highest BCUT2D eigenvalue weighted by molar-refractivity contribution is 5.32. The summed E-state index contributed by atoms with van der Waals surface area (Å²) >= 11 is 0. The Morgan fingerprint density at radius 1 is 1.25 bits per heavy atom. The Balaban J connectivity index is 2.43. The van der Waals surface area contributed by atoms with Crippen LogP contribution in [-0.4, -0.2) is 9.13 Å². The Kier molecular flexibility index (Phi) is 4.16. The molecule has 0 N–H and O–H groups in total. The molecule has 5 nitrogen and oxygen atoms in total. The zero-order chi connectivity index (χ0) is 14.5.